The van der Waals surface area contributed by atoms with Crippen LogP contribution >= 0.6 is 11.6 Å². The van der Waals surface area contributed by atoms with Crippen LogP contribution in [0.25, 0.3) is 0 Å². The van der Waals surface area contributed by atoms with Crippen molar-refractivity contribution < 1.29 is 14.6 Å². The summed E-state index contributed by atoms with van der Waals surface area (Å²) in [7, 11) is 0. The average Bonchev–Trinajstić information content (AvgIpc) is 2.41. The number of carboxylic acid groups (broad SMARTS) is 1. The first-order valence-corrected chi connectivity index (χ1v) is 6.34. The Morgan fingerprint density at radius 1 is 1.53 bits per heavy atom. The number of pyridine rings is 1. The first-order chi connectivity index (χ1) is 9.07. The largest absolute Gasteiger partial charge is 0.481 e. The van der Waals surface area contributed by atoms with Crippen molar-refractivity contribution in [3.05, 3.63) is 47.7 Å². The second-order valence-electron chi connectivity index (χ2n) is 4.29. The number of hydrogen-bond donors (Lipinski definition) is 1. The van der Waals surface area contributed by atoms with Crippen molar-refractivity contribution in [2.45, 2.75) is 18.9 Å². The Labute approximate surface area is 116 Å². The smallest absolute Gasteiger partial charge is 0.314 e. The molecule has 0 saturated heterocycles. The van der Waals surface area contributed by atoms with Crippen LogP contribution in [0.15, 0.2) is 42.6 Å². The fourth-order valence-corrected chi connectivity index (χ4v) is 2.19. The van der Waals surface area contributed by atoms with Gasteiger partial charge in [-0.3, -0.25) is 4.79 Å². The van der Waals surface area contributed by atoms with E-state index in [-0.39, 0.29) is 0 Å². The lowest BCUT2D eigenvalue weighted by atomic mass is 9.81. The van der Waals surface area contributed by atoms with Crippen molar-refractivity contribution in [2.24, 2.45) is 5.92 Å². The van der Waals surface area contributed by atoms with E-state index in [1.165, 1.54) is 6.20 Å². The minimum Gasteiger partial charge on any atom is -0.481 e. The van der Waals surface area contributed by atoms with E-state index in [0.717, 1.165) is 0 Å². The molecule has 2 atom stereocenters. The molecule has 1 aliphatic rings. The Balaban J connectivity index is 2.31. The molecule has 2 unspecified atom stereocenters. The highest BCUT2D eigenvalue weighted by molar-refractivity contribution is 6.30. The number of aliphatic carboxylic acids is 1. The maximum atomic E-state index is 11.4. The molecular weight excluding hydrogens is 266 g/mol. The molecule has 2 rings (SSSR count). The van der Waals surface area contributed by atoms with Crippen LogP contribution in [-0.2, 0) is 4.79 Å². The molecule has 0 aliphatic heterocycles. The first kappa shape index (κ1) is 13.6. The van der Waals surface area contributed by atoms with Crippen LogP contribution in [-0.4, -0.2) is 21.7 Å². The number of hydrogen-bond acceptors (Lipinski definition) is 3. The van der Waals surface area contributed by atoms with Crippen LogP contribution < -0.4 is 4.74 Å². The summed E-state index contributed by atoms with van der Waals surface area (Å²) in [6, 6.07) is 3.29. The predicted octanol–water partition coefficient (Wildman–Crippen LogP) is 3.09. The SMILES string of the molecule is CCC1(Oc2ccc(Cl)cn2)C=CC=CC1C(=O)O. The number of rotatable bonds is 4. The molecular formula is C14H14ClNO3. The molecule has 1 aromatic rings. The summed E-state index contributed by atoms with van der Waals surface area (Å²) in [6.45, 7) is 1.88. The van der Waals surface area contributed by atoms with Gasteiger partial charge in [0.25, 0.3) is 0 Å². The van der Waals surface area contributed by atoms with Crippen molar-refractivity contribution in [1.29, 1.82) is 0 Å². The number of ether oxygens (including phenoxy) is 1. The third-order valence-electron chi connectivity index (χ3n) is 3.13. The maximum Gasteiger partial charge on any atom is 0.314 e. The molecule has 0 radical (unpaired) electrons. The van der Waals surface area contributed by atoms with Gasteiger partial charge in [-0.1, -0.05) is 36.8 Å². The van der Waals surface area contributed by atoms with E-state index in [1.807, 2.05) is 6.92 Å². The lowest BCUT2D eigenvalue weighted by Gasteiger charge is -2.35. The van der Waals surface area contributed by atoms with Gasteiger partial charge in [-0.15, -0.1) is 0 Å². The second kappa shape index (κ2) is 5.45. The van der Waals surface area contributed by atoms with Gasteiger partial charge in [0.1, 0.15) is 11.5 Å². The van der Waals surface area contributed by atoms with Gasteiger partial charge >= 0.3 is 5.97 Å². The highest BCUT2D eigenvalue weighted by Crippen LogP contribution is 2.33. The Bertz CT molecular complexity index is 524. The number of allylic oxidation sites excluding steroid dienone is 2. The minimum atomic E-state index is -0.920. The van der Waals surface area contributed by atoms with Gasteiger partial charge in [0.15, 0.2) is 0 Å². The molecule has 4 nitrogen and oxygen atoms in total. The Kier molecular flexibility index (Phi) is 3.90. The lowest BCUT2D eigenvalue weighted by molar-refractivity contribution is -0.145. The van der Waals surface area contributed by atoms with Crippen LogP contribution in [0.5, 0.6) is 5.88 Å². The van der Waals surface area contributed by atoms with Crippen molar-refractivity contribution in [2.75, 3.05) is 0 Å². The molecule has 0 fully saturated rings. The fraction of sp³-hybridized carbons (Fsp3) is 0.286. The molecule has 0 amide bonds. The topological polar surface area (TPSA) is 59.4 Å². The Hall–Kier alpha value is -1.81. The van der Waals surface area contributed by atoms with Crippen LogP contribution in [0.2, 0.25) is 5.02 Å². The molecule has 1 heterocycles. The van der Waals surface area contributed by atoms with Crippen molar-refractivity contribution in [3.8, 4) is 5.88 Å². The monoisotopic (exact) mass is 279 g/mol. The van der Waals surface area contributed by atoms with Crippen LogP contribution in [0.4, 0.5) is 0 Å². The number of aromatic nitrogens is 1. The standard InChI is InChI=1S/C14H14ClNO3/c1-2-14(8-4-3-5-11(14)13(17)18)19-12-7-6-10(15)9-16-12/h3-9,11H,2H2,1H3,(H,17,18). The third-order valence-corrected chi connectivity index (χ3v) is 3.36. The van der Waals surface area contributed by atoms with E-state index < -0.39 is 17.5 Å². The molecule has 0 saturated carbocycles. The third kappa shape index (κ3) is 2.79. The van der Waals surface area contributed by atoms with Crippen molar-refractivity contribution in [3.63, 3.8) is 0 Å². The summed E-state index contributed by atoms with van der Waals surface area (Å²) in [5.74, 6) is -1.30. The Morgan fingerprint density at radius 3 is 2.89 bits per heavy atom. The molecule has 0 spiro atoms. The predicted molar refractivity (Wildman–Crippen MR) is 72.3 cm³/mol. The summed E-state index contributed by atoms with van der Waals surface area (Å²) in [5, 5.41) is 9.83. The van der Waals surface area contributed by atoms with Gasteiger partial charge in [-0.05, 0) is 18.6 Å². The van der Waals surface area contributed by atoms with Crippen molar-refractivity contribution >= 4 is 17.6 Å². The number of carbonyl (C=O) groups is 1. The van der Waals surface area contributed by atoms with Crippen molar-refractivity contribution in [1.82, 2.24) is 4.98 Å². The molecule has 1 aromatic heterocycles. The molecule has 0 bridgehead atoms. The molecule has 0 aromatic carbocycles. The average molecular weight is 280 g/mol. The van der Waals surface area contributed by atoms with Crippen LogP contribution in [0.3, 0.4) is 0 Å². The second-order valence-corrected chi connectivity index (χ2v) is 4.72. The lowest BCUT2D eigenvalue weighted by Crippen LogP contribution is -2.45. The zero-order chi connectivity index (χ0) is 13.9. The first-order valence-electron chi connectivity index (χ1n) is 5.97. The molecule has 1 N–H and O–H groups in total. The number of carboxylic acids is 1. The van der Waals surface area contributed by atoms with Gasteiger partial charge in [-0.2, -0.15) is 0 Å². The van der Waals surface area contributed by atoms with Gasteiger partial charge in [0.05, 0.1) is 5.02 Å². The van der Waals surface area contributed by atoms with E-state index in [2.05, 4.69) is 4.98 Å². The number of halogens is 1. The Morgan fingerprint density at radius 2 is 2.32 bits per heavy atom. The summed E-state index contributed by atoms with van der Waals surface area (Å²) >= 11 is 5.76. The van der Waals surface area contributed by atoms with E-state index in [1.54, 1.807) is 36.4 Å². The summed E-state index contributed by atoms with van der Waals surface area (Å²) in [5.41, 5.74) is -0.915. The van der Waals surface area contributed by atoms with Crippen LogP contribution in [0.1, 0.15) is 13.3 Å². The van der Waals surface area contributed by atoms with Crippen LogP contribution in [0, 0.1) is 5.92 Å². The molecule has 19 heavy (non-hydrogen) atoms. The molecule has 5 heteroatoms. The summed E-state index contributed by atoms with van der Waals surface area (Å²) < 4.78 is 5.83. The van der Waals surface area contributed by atoms with E-state index in [0.29, 0.717) is 17.3 Å². The fourth-order valence-electron chi connectivity index (χ4n) is 2.08. The van der Waals surface area contributed by atoms with Gasteiger partial charge in [0, 0.05) is 12.3 Å². The van der Waals surface area contributed by atoms with E-state index >= 15 is 0 Å². The summed E-state index contributed by atoms with van der Waals surface area (Å²) in [6.07, 6.45) is 8.89. The van der Waals surface area contributed by atoms with Gasteiger partial charge in [-0.25, -0.2) is 4.98 Å². The highest BCUT2D eigenvalue weighted by Gasteiger charge is 2.42. The molecule has 1 aliphatic carbocycles. The molecule has 100 valence electrons. The van der Waals surface area contributed by atoms with Gasteiger partial charge < -0.3 is 9.84 Å². The highest BCUT2D eigenvalue weighted by atomic mass is 35.5. The zero-order valence-electron chi connectivity index (χ0n) is 10.4. The van der Waals surface area contributed by atoms with Gasteiger partial charge in [0.2, 0.25) is 5.88 Å². The normalized spacial score (nSPS) is 25.3. The quantitative estimate of drug-likeness (QED) is 0.920. The zero-order valence-corrected chi connectivity index (χ0v) is 11.2. The minimum absolute atomic E-state index is 0.359. The summed E-state index contributed by atoms with van der Waals surface area (Å²) in [4.78, 5) is 15.4. The van der Waals surface area contributed by atoms with E-state index in [9.17, 15) is 9.90 Å². The number of nitrogens with zero attached hydrogens (tertiary/aromatic N) is 1. The van der Waals surface area contributed by atoms with E-state index in [4.69, 9.17) is 16.3 Å². The maximum absolute atomic E-state index is 11.4.